The van der Waals surface area contributed by atoms with Gasteiger partial charge in [-0.25, -0.2) is 13.4 Å². The van der Waals surface area contributed by atoms with Gasteiger partial charge < -0.3 is 0 Å². The Kier molecular flexibility index (Phi) is 3.96. The molecule has 0 spiro atoms. The summed E-state index contributed by atoms with van der Waals surface area (Å²) in [5, 5.41) is 9.00. The molecule has 7 heteroatoms. The van der Waals surface area contributed by atoms with Crippen molar-refractivity contribution >= 4 is 15.7 Å². The molecule has 0 unspecified atom stereocenters. The van der Waals surface area contributed by atoms with Crippen molar-refractivity contribution in [3.63, 3.8) is 0 Å². The summed E-state index contributed by atoms with van der Waals surface area (Å²) in [6.45, 7) is 1.96. The van der Waals surface area contributed by atoms with E-state index in [4.69, 9.17) is 5.26 Å². The maximum Gasteiger partial charge on any atom is 0.267 e. The van der Waals surface area contributed by atoms with Crippen LogP contribution in [-0.2, 0) is 10.0 Å². The molecule has 0 amide bonds. The molecule has 2 aromatic rings. The van der Waals surface area contributed by atoms with Crippen LogP contribution in [-0.4, -0.2) is 24.9 Å². The smallest absolute Gasteiger partial charge is 0.266 e. The lowest BCUT2D eigenvalue weighted by Crippen LogP contribution is -2.31. The minimum absolute atomic E-state index is 0.0961. The lowest BCUT2D eigenvalue weighted by molar-refractivity contribution is 0.591. The monoisotopic (exact) mass is 288 g/mol. The van der Waals surface area contributed by atoms with Gasteiger partial charge in [0.25, 0.3) is 10.0 Å². The van der Waals surface area contributed by atoms with Crippen molar-refractivity contribution in [1.29, 1.82) is 5.26 Å². The van der Waals surface area contributed by atoms with Gasteiger partial charge in [-0.3, -0.25) is 9.29 Å². The molecular weight excluding hydrogens is 276 g/mol. The first-order chi connectivity index (χ1) is 9.61. The van der Waals surface area contributed by atoms with Gasteiger partial charge >= 0.3 is 0 Å². The number of hydrogen-bond acceptors (Lipinski definition) is 5. The minimum Gasteiger partial charge on any atom is -0.266 e. The highest BCUT2D eigenvalue weighted by Crippen LogP contribution is 2.23. The summed E-state index contributed by atoms with van der Waals surface area (Å²) >= 11 is 0. The van der Waals surface area contributed by atoms with E-state index < -0.39 is 10.0 Å². The lowest BCUT2D eigenvalue weighted by atomic mass is 10.4. The highest BCUT2D eigenvalue weighted by Gasteiger charge is 2.26. The van der Waals surface area contributed by atoms with Crippen molar-refractivity contribution in [3.8, 4) is 6.07 Å². The molecule has 0 saturated carbocycles. The summed E-state index contributed by atoms with van der Waals surface area (Å²) < 4.78 is 26.5. The number of anilines is 1. The molecule has 0 N–H and O–H groups in total. The van der Waals surface area contributed by atoms with Crippen LogP contribution in [0.25, 0.3) is 0 Å². The van der Waals surface area contributed by atoms with Gasteiger partial charge in [0.15, 0.2) is 5.69 Å². The van der Waals surface area contributed by atoms with E-state index in [-0.39, 0.29) is 17.1 Å². The molecule has 2 aromatic heterocycles. The second-order valence-corrected chi connectivity index (χ2v) is 5.67. The van der Waals surface area contributed by atoms with Gasteiger partial charge in [-0.05, 0) is 31.2 Å². The molecular formula is C13H12N4O2S. The Morgan fingerprint density at radius 1 is 1.25 bits per heavy atom. The molecule has 102 valence electrons. The zero-order valence-corrected chi connectivity index (χ0v) is 11.6. The molecule has 0 atom stereocenters. The van der Waals surface area contributed by atoms with Crippen molar-refractivity contribution < 1.29 is 8.42 Å². The highest BCUT2D eigenvalue weighted by molar-refractivity contribution is 7.92. The number of aromatic nitrogens is 2. The second kappa shape index (κ2) is 5.67. The minimum atomic E-state index is -3.83. The molecule has 6 nitrogen and oxygen atoms in total. The summed E-state index contributed by atoms with van der Waals surface area (Å²) in [5.74, 6) is 0. The topological polar surface area (TPSA) is 87.0 Å². The van der Waals surface area contributed by atoms with E-state index >= 15 is 0 Å². The first-order valence-corrected chi connectivity index (χ1v) is 7.33. The standard InChI is InChI=1S/C13H12N4O2S/c1-2-17(11-5-8-15-9-6-11)20(18,19)13-4-3-7-16-12(13)10-14/h3-9H,2H2,1H3. The third-order valence-corrected chi connectivity index (χ3v) is 4.62. The summed E-state index contributed by atoms with van der Waals surface area (Å²) in [7, 11) is -3.83. The first kappa shape index (κ1) is 14.0. The molecule has 2 heterocycles. The summed E-state index contributed by atoms with van der Waals surface area (Å²) in [6.07, 6.45) is 4.42. The molecule has 0 radical (unpaired) electrons. The van der Waals surface area contributed by atoms with Gasteiger partial charge in [0.05, 0.1) is 5.69 Å². The van der Waals surface area contributed by atoms with Crippen LogP contribution in [0.15, 0.2) is 47.8 Å². The fourth-order valence-corrected chi connectivity index (χ4v) is 3.37. The zero-order chi connectivity index (χ0) is 14.6. The maximum absolute atomic E-state index is 12.7. The fourth-order valence-electron chi connectivity index (χ4n) is 1.80. The van der Waals surface area contributed by atoms with Crippen LogP contribution >= 0.6 is 0 Å². The van der Waals surface area contributed by atoms with Gasteiger partial charge in [-0.1, -0.05) is 0 Å². The van der Waals surface area contributed by atoms with Crippen LogP contribution in [0.5, 0.6) is 0 Å². The predicted molar refractivity (Wildman–Crippen MR) is 73.4 cm³/mol. The molecule has 0 aromatic carbocycles. The first-order valence-electron chi connectivity index (χ1n) is 5.89. The zero-order valence-electron chi connectivity index (χ0n) is 10.8. The van der Waals surface area contributed by atoms with Crippen molar-refractivity contribution in [1.82, 2.24) is 9.97 Å². The number of rotatable bonds is 4. The number of nitrogens with zero attached hydrogens (tertiary/aromatic N) is 4. The Bertz CT molecular complexity index is 738. The van der Waals surface area contributed by atoms with Crippen LogP contribution < -0.4 is 4.31 Å². The van der Waals surface area contributed by atoms with Crippen LogP contribution in [0.3, 0.4) is 0 Å². The second-order valence-electron chi connectivity index (χ2n) is 3.84. The molecule has 0 saturated heterocycles. The van der Waals surface area contributed by atoms with E-state index in [1.165, 1.54) is 35.0 Å². The summed E-state index contributed by atoms with van der Waals surface area (Å²) in [4.78, 5) is 7.56. The Labute approximate surface area is 117 Å². The van der Waals surface area contributed by atoms with Crippen LogP contribution in [0.1, 0.15) is 12.6 Å². The van der Waals surface area contributed by atoms with Gasteiger partial charge in [0.2, 0.25) is 0 Å². The number of sulfonamides is 1. The van der Waals surface area contributed by atoms with E-state index in [2.05, 4.69) is 9.97 Å². The molecule has 0 fully saturated rings. The molecule has 0 aliphatic rings. The molecule has 0 aliphatic heterocycles. The van der Waals surface area contributed by atoms with E-state index in [9.17, 15) is 8.42 Å². The van der Waals surface area contributed by atoms with Crippen molar-refractivity contribution in [2.24, 2.45) is 0 Å². The van der Waals surface area contributed by atoms with Crippen LogP contribution in [0.2, 0.25) is 0 Å². The Balaban J connectivity index is 2.57. The van der Waals surface area contributed by atoms with E-state index in [0.717, 1.165) is 0 Å². The van der Waals surface area contributed by atoms with Gasteiger partial charge in [0.1, 0.15) is 11.0 Å². The molecule has 0 aliphatic carbocycles. The average molecular weight is 288 g/mol. The third-order valence-electron chi connectivity index (χ3n) is 2.68. The maximum atomic E-state index is 12.7. The number of pyridine rings is 2. The largest absolute Gasteiger partial charge is 0.267 e. The van der Waals surface area contributed by atoms with E-state index in [1.807, 2.05) is 0 Å². The Morgan fingerprint density at radius 3 is 2.55 bits per heavy atom. The van der Waals surface area contributed by atoms with Gasteiger partial charge in [-0.15, -0.1) is 0 Å². The Hall–Kier alpha value is -2.46. The van der Waals surface area contributed by atoms with Crippen molar-refractivity contribution in [2.45, 2.75) is 11.8 Å². The van der Waals surface area contributed by atoms with Crippen molar-refractivity contribution in [2.75, 3.05) is 10.8 Å². The molecule has 20 heavy (non-hydrogen) atoms. The predicted octanol–water partition coefficient (Wildman–Crippen LogP) is 1.56. The highest BCUT2D eigenvalue weighted by atomic mass is 32.2. The SMILES string of the molecule is CCN(c1ccncc1)S(=O)(=O)c1cccnc1C#N. The van der Waals surface area contributed by atoms with Gasteiger partial charge in [-0.2, -0.15) is 5.26 Å². The normalized spacial score (nSPS) is 10.8. The average Bonchev–Trinajstić information content (AvgIpc) is 2.48. The number of hydrogen-bond donors (Lipinski definition) is 0. The summed E-state index contributed by atoms with van der Waals surface area (Å²) in [6, 6.07) is 7.88. The van der Waals surface area contributed by atoms with E-state index in [1.54, 1.807) is 25.1 Å². The van der Waals surface area contributed by atoms with E-state index in [0.29, 0.717) is 5.69 Å². The number of nitriles is 1. The molecule has 2 rings (SSSR count). The van der Waals surface area contributed by atoms with Gasteiger partial charge in [0, 0.05) is 25.1 Å². The Morgan fingerprint density at radius 2 is 1.95 bits per heavy atom. The quantitative estimate of drug-likeness (QED) is 0.852. The lowest BCUT2D eigenvalue weighted by Gasteiger charge is -2.22. The third kappa shape index (κ3) is 2.46. The van der Waals surface area contributed by atoms with Crippen LogP contribution in [0, 0.1) is 11.3 Å². The van der Waals surface area contributed by atoms with Crippen LogP contribution in [0.4, 0.5) is 5.69 Å². The van der Waals surface area contributed by atoms with Crippen molar-refractivity contribution in [3.05, 3.63) is 48.5 Å². The molecule has 0 bridgehead atoms. The fraction of sp³-hybridized carbons (Fsp3) is 0.154. The summed E-state index contributed by atoms with van der Waals surface area (Å²) in [5.41, 5.74) is 0.384.